The first-order valence-electron chi connectivity index (χ1n) is 7.67. The summed E-state index contributed by atoms with van der Waals surface area (Å²) in [5.41, 5.74) is 7.56. The number of nitrogens with two attached hydrogens (primary N) is 1. The zero-order valence-corrected chi connectivity index (χ0v) is 14.1. The Morgan fingerprint density at radius 3 is 2.96 bits per heavy atom. The number of carbonyl (C=O) groups excluding carboxylic acids is 1. The number of aromatic nitrogens is 4. The first-order valence-corrected chi connectivity index (χ1v) is 8.55. The van der Waals surface area contributed by atoms with Crippen molar-refractivity contribution < 1.29 is 4.79 Å². The third-order valence-electron chi connectivity index (χ3n) is 3.78. The second-order valence-corrected chi connectivity index (χ2v) is 6.70. The maximum Gasteiger partial charge on any atom is 0.240 e. The topological polar surface area (TPSA) is 89.9 Å². The lowest BCUT2D eigenvalue weighted by atomic mass is 10.1. The molecular formula is C15H20N6OS. The number of piperidine rings is 1. The third-order valence-corrected chi connectivity index (χ3v) is 4.90. The summed E-state index contributed by atoms with van der Waals surface area (Å²) in [6.45, 7) is 2.74. The van der Waals surface area contributed by atoms with Crippen molar-refractivity contribution in [2.24, 2.45) is 7.05 Å². The molecule has 2 aromatic heterocycles. The van der Waals surface area contributed by atoms with E-state index in [1.807, 2.05) is 20.2 Å². The maximum absolute atomic E-state index is 12.8. The van der Waals surface area contributed by atoms with Gasteiger partial charge in [-0.25, -0.2) is 9.97 Å². The van der Waals surface area contributed by atoms with Gasteiger partial charge in [-0.15, -0.1) is 0 Å². The average Bonchev–Trinajstić information content (AvgIpc) is 2.95. The fourth-order valence-electron chi connectivity index (χ4n) is 2.61. The molecule has 122 valence electrons. The Morgan fingerprint density at radius 1 is 1.43 bits per heavy atom. The molecule has 1 saturated heterocycles. The number of amides is 1. The summed E-state index contributed by atoms with van der Waals surface area (Å²) in [7, 11) is 1.84. The summed E-state index contributed by atoms with van der Waals surface area (Å²) in [5.74, 6) is 0.532. The number of carbonyl (C=O) groups is 1. The number of hydrogen-bond donors (Lipinski definition) is 1. The molecule has 0 spiro atoms. The van der Waals surface area contributed by atoms with E-state index < -0.39 is 0 Å². The molecule has 3 heterocycles. The van der Waals surface area contributed by atoms with E-state index in [9.17, 15) is 4.79 Å². The maximum atomic E-state index is 12.8. The van der Waals surface area contributed by atoms with Crippen molar-refractivity contribution in [3.8, 4) is 0 Å². The van der Waals surface area contributed by atoms with Crippen LogP contribution in [0.15, 0.2) is 23.6 Å². The van der Waals surface area contributed by atoms with Crippen molar-refractivity contribution >= 4 is 29.2 Å². The van der Waals surface area contributed by atoms with Crippen LogP contribution in [0, 0.1) is 0 Å². The van der Waals surface area contributed by atoms with Crippen LogP contribution in [0.25, 0.3) is 0 Å². The summed E-state index contributed by atoms with van der Waals surface area (Å²) in [5, 5.41) is 4.54. The lowest BCUT2D eigenvalue weighted by Crippen LogP contribution is -2.42. The van der Waals surface area contributed by atoms with Gasteiger partial charge >= 0.3 is 0 Å². The predicted octanol–water partition coefficient (Wildman–Crippen LogP) is 1.64. The second kappa shape index (κ2) is 6.57. The monoisotopic (exact) mass is 332 g/mol. The van der Waals surface area contributed by atoms with E-state index in [4.69, 9.17) is 5.73 Å². The van der Waals surface area contributed by atoms with E-state index in [0.717, 1.165) is 37.2 Å². The van der Waals surface area contributed by atoms with Gasteiger partial charge in [0.1, 0.15) is 5.82 Å². The molecular weight excluding hydrogens is 312 g/mol. The van der Waals surface area contributed by atoms with Crippen LogP contribution in [0.2, 0.25) is 0 Å². The molecule has 1 amide bonds. The summed E-state index contributed by atoms with van der Waals surface area (Å²) >= 11 is 1.40. The molecule has 8 heteroatoms. The highest BCUT2D eigenvalue weighted by Gasteiger charge is 2.31. The van der Waals surface area contributed by atoms with Gasteiger partial charge in [-0.05, 0) is 19.3 Å². The molecule has 0 saturated carbocycles. The zero-order valence-electron chi connectivity index (χ0n) is 13.3. The van der Waals surface area contributed by atoms with Gasteiger partial charge in [-0.3, -0.25) is 9.48 Å². The summed E-state index contributed by atoms with van der Waals surface area (Å²) in [4.78, 5) is 23.3. The molecule has 3 rings (SSSR count). The predicted molar refractivity (Wildman–Crippen MR) is 90.3 cm³/mol. The van der Waals surface area contributed by atoms with Crippen molar-refractivity contribution in [2.45, 2.75) is 36.6 Å². The van der Waals surface area contributed by atoms with Gasteiger partial charge in [0, 0.05) is 31.5 Å². The lowest BCUT2D eigenvalue weighted by molar-refractivity contribution is -0.119. The number of nitrogens with zero attached hydrogens (tertiary/aromatic N) is 5. The molecule has 1 aliphatic rings. The molecule has 0 radical (unpaired) electrons. The summed E-state index contributed by atoms with van der Waals surface area (Å²) in [6, 6.07) is 1.77. The quantitative estimate of drug-likeness (QED) is 0.856. The SMILES string of the molecule is CCc1cc(N)nc(S[C@H]2CCCN(c3cnn(C)c3)C2=O)n1. The van der Waals surface area contributed by atoms with E-state index in [-0.39, 0.29) is 11.2 Å². The minimum atomic E-state index is -0.185. The highest BCUT2D eigenvalue weighted by Crippen LogP contribution is 2.31. The molecule has 1 atom stereocenters. The zero-order chi connectivity index (χ0) is 16.4. The number of anilines is 2. The van der Waals surface area contributed by atoms with Crippen LogP contribution in [-0.4, -0.2) is 37.5 Å². The smallest absolute Gasteiger partial charge is 0.240 e. The Hall–Kier alpha value is -2.09. The molecule has 0 unspecified atom stereocenters. The number of aryl methyl sites for hydroxylation is 2. The van der Waals surface area contributed by atoms with E-state index in [1.165, 1.54) is 11.8 Å². The van der Waals surface area contributed by atoms with E-state index >= 15 is 0 Å². The highest BCUT2D eigenvalue weighted by molar-refractivity contribution is 8.00. The lowest BCUT2D eigenvalue weighted by Gasteiger charge is -2.30. The second-order valence-electron chi connectivity index (χ2n) is 5.53. The highest BCUT2D eigenvalue weighted by atomic mass is 32.2. The van der Waals surface area contributed by atoms with Crippen molar-refractivity contribution in [1.82, 2.24) is 19.7 Å². The Bertz CT molecular complexity index is 716. The molecule has 0 bridgehead atoms. The number of hydrogen-bond acceptors (Lipinski definition) is 6. The van der Waals surface area contributed by atoms with Gasteiger partial charge < -0.3 is 10.6 Å². The van der Waals surface area contributed by atoms with Crippen LogP contribution in [0.4, 0.5) is 11.5 Å². The van der Waals surface area contributed by atoms with E-state index in [2.05, 4.69) is 15.1 Å². The number of nitrogen functional groups attached to an aromatic ring is 1. The van der Waals surface area contributed by atoms with Crippen LogP contribution in [0.3, 0.4) is 0 Å². The minimum absolute atomic E-state index is 0.0818. The molecule has 7 nitrogen and oxygen atoms in total. The molecule has 23 heavy (non-hydrogen) atoms. The van der Waals surface area contributed by atoms with Crippen molar-refractivity contribution in [3.63, 3.8) is 0 Å². The van der Waals surface area contributed by atoms with Crippen LogP contribution < -0.4 is 10.6 Å². The Kier molecular flexibility index (Phi) is 4.51. The van der Waals surface area contributed by atoms with Crippen molar-refractivity contribution in [1.29, 1.82) is 0 Å². The first-order chi connectivity index (χ1) is 11.1. The molecule has 0 aliphatic carbocycles. The van der Waals surface area contributed by atoms with Crippen molar-refractivity contribution in [3.05, 3.63) is 24.2 Å². The fraction of sp³-hybridized carbons (Fsp3) is 0.467. The van der Waals surface area contributed by atoms with Crippen LogP contribution in [0.5, 0.6) is 0 Å². The average molecular weight is 332 g/mol. The number of rotatable bonds is 4. The summed E-state index contributed by atoms with van der Waals surface area (Å²) in [6.07, 6.45) is 6.14. The van der Waals surface area contributed by atoms with Gasteiger partial charge in [0.05, 0.1) is 17.1 Å². The Balaban J connectivity index is 1.77. The normalized spacial score (nSPS) is 18.4. The van der Waals surface area contributed by atoms with Gasteiger partial charge in [-0.2, -0.15) is 5.10 Å². The fourth-order valence-corrected chi connectivity index (χ4v) is 3.71. The van der Waals surface area contributed by atoms with Gasteiger partial charge in [-0.1, -0.05) is 18.7 Å². The standard InChI is InChI=1S/C15H20N6OS/c1-3-10-7-13(16)19-15(18-10)23-12-5-4-6-21(14(12)22)11-8-17-20(2)9-11/h7-9,12H,3-6H2,1-2H3,(H2,16,18,19)/t12-/m0/s1. The Morgan fingerprint density at radius 2 is 2.26 bits per heavy atom. The molecule has 2 aromatic rings. The van der Waals surface area contributed by atoms with Crippen LogP contribution in [-0.2, 0) is 18.3 Å². The minimum Gasteiger partial charge on any atom is -0.384 e. The van der Waals surface area contributed by atoms with E-state index in [0.29, 0.717) is 11.0 Å². The van der Waals surface area contributed by atoms with Gasteiger partial charge in [0.25, 0.3) is 0 Å². The molecule has 2 N–H and O–H groups in total. The molecule has 1 aliphatic heterocycles. The summed E-state index contributed by atoms with van der Waals surface area (Å²) < 4.78 is 1.70. The number of thioether (sulfide) groups is 1. The van der Waals surface area contributed by atoms with Crippen molar-refractivity contribution in [2.75, 3.05) is 17.2 Å². The first kappa shape index (κ1) is 15.8. The third kappa shape index (κ3) is 3.47. The van der Waals surface area contributed by atoms with E-state index in [1.54, 1.807) is 21.8 Å². The largest absolute Gasteiger partial charge is 0.384 e. The van der Waals surface area contributed by atoms with Gasteiger partial charge in [0.15, 0.2) is 5.16 Å². The van der Waals surface area contributed by atoms with Crippen LogP contribution >= 0.6 is 11.8 Å². The molecule has 0 aromatic carbocycles. The van der Waals surface area contributed by atoms with Gasteiger partial charge in [0.2, 0.25) is 5.91 Å². The van der Waals surface area contributed by atoms with Crippen LogP contribution in [0.1, 0.15) is 25.5 Å². The Labute approximate surface area is 139 Å². The molecule has 1 fully saturated rings.